The van der Waals surface area contributed by atoms with Gasteiger partial charge in [0, 0.05) is 17.8 Å². The van der Waals surface area contributed by atoms with Gasteiger partial charge in [-0.2, -0.15) is 0 Å². The molecule has 2 rings (SSSR count). The Morgan fingerprint density at radius 2 is 1.95 bits per heavy atom. The number of anilines is 1. The van der Waals surface area contributed by atoms with Gasteiger partial charge in [0.1, 0.15) is 5.75 Å². The summed E-state index contributed by atoms with van der Waals surface area (Å²) < 4.78 is 0. The van der Waals surface area contributed by atoms with E-state index in [9.17, 15) is 20.0 Å². The lowest BCUT2D eigenvalue weighted by Gasteiger charge is -2.09. The van der Waals surface area contributed by atoms with Crippen molar-refractivity contribution in [2.45, 2.75) is 6.42 Å². The third-order valence-corrected chi connectivity index (χ3v) is 3.06. The number of non-ortho nitro benzene ring substituents is 1. The minimum absolute atomic E-state index is 0.0613. The molecule has 112 valence electrons. The quantitative estimate of drug-likeness (QED) is 0.503. The number of amides is 1. The van der Waals surface area contributed by atoms with Gasteiger partial charge in [0.25, 0.3) is 11.6 Å². The van der Waals surface area contributed by atoms with Crippen LogP contribution >= 0.6 is 0 Å². The molecule has 2 aromatic rings. The molecule has 0 aromatic heterocycles. The van der Waals surface area contributed by atoms with E-state index in [0.29, 0.717) is 17.7 Å². The van der Waals surface area contributed by atoms with Crippen molar-refractivity contribution in [1.29, 1.82) is 0 Å². The summed E-state index contributed by atoms with van der Waals surface area (Å²) in [4.78, 5) is 22.2. The third-order valence-electron chi connectivity index (χ3n) is 3.06. The van der Waals surface area contributed by atoms with Gasteiger partial charge in [-0.25, -0.2) is 0 Å². The van der Waals surface area contributed by atoms with Crippen molar-refractivity contribution in [3.63, 3.8) is 0 Å². The highest BCUT2D eigenvalue weighted by Crippen LogP contribution is 2.24. The number of phenols is 1. The van der Waals surface area contributed by atoms with Gasteiger partial charge in [-0.15, -0.1) is 6.58 Å². The van der Waals surface area contributed by atoms with Gasteiger partial charge in [0.05, 0.1) is 10.5 Å². The second kappa shape index (κ2) is 6.53. The van der Waals surface area contributed by atoms with Crippen LogP contribution in [-0.2, 0) is 6.42 Å². The minimum atomic E-state index is -0.518. The third kappa shape index (κ3) is 3.29. The molecule has 6 heteroatoms. The van der Waals surface area contributed by atoms with Gasteiger partial charge in [0.2, 0.25) is 0 Å². The Labute approximate surface area is 126 Å². The smallest absolute Gasteiger partial charge is 0.269 e. The number of hydrogen-bond acceptors (Lipinski definition) is 4. The summed E-state index contributed by atoms with van der Waals surface area (Å²) in [6, 6.07) is 10.3. The predicted octanol–water partition coefficient (Wildman–Crippen LogP) is 3.28. The van der Waals surface area contributed by atoms with Crippen LogP contribution in [0.5, 0.6) is 5.75 Å². The summed E-state index contributed by atoms with van der Waals surface area (Å²) in [5.74, 6) is -0.584. The fraction of sp³-hybridized carbons (Fsp3) is 0.0625. The van der Waals surface area contributed by atoms with Crippen molar-refractivity contribution in [3.8, 4) is 5.75 Å². The predicted molar refractivity (Wildman–Crippen MR) is 83.1 cm³/mol. The van der Waals surface area contributed by atoms with Crippen molar-refractivity contribution in [2.24, 2.45) is 0 Å². The lowest BCUT2D eigenvalue weighted by Crippen LogP contribution is -2.12. The molecule has 0 bridgehead atoms. The molecule has 0 aliphatic heterocycles. The first-order valence-corrected chi connectivity index (χ1v) is 6.50. The summed E-state index contributed by atoms with van der Waals surface area (Å²) in [6.07, 6.45) is 2.08. The standard InChI is InChI=1S/C16H14N2O4/c1-2-4-11-5-3-6-14(15(11)19)16(20)17-12-7-9-13(10-8-12)18(21)22/h2-3,5-10,19H,1,4H2,(H,17,20). The van der Waals surface area contributed by atoms with E-state index in [1.807, 2.05) is 0 Å². The van der Waals surface area contributed by atoms with Gasteiger partial charge < -0.3 is 10.4 Å². The summed E-state index contributed by atoms with van der Waals surface area (Å²) >= 11 is 0. The number of carbonyl (C=O) groups is 1. The molecule has 2 aromatic carbocycles. The number of nitrogens with one attached hydrogen (secondary N) is 1. The molecule has 0 spiro atoms. The number of allylic oxidation sites excluding steroid dienone is 1. The van der Waals surface area contributed by atoms with Crippen LogP contribution < -0.4 is 5.32 Å². The molecule has 0 unspecified atom stereocenters. The van der Waals surface area contributed by atoms with Gasteiger partial charge in [-0.3, -0.25) is 14.9 Å². The van der Waals surface area contributed by atoms with Crippen LogP contribution in [0.4, 0.5) is 11.4 Å². The molecule has 0 fully saturated rings. The summed E-state index contributed by atoms with van der Waals surface area (Å²) in [5.41, 5.74) is 1.09. The number of carbonyl (C=O) groups excluding carboxylic acids is 1. The first-order valence-electron chi connectivity index (χ1n) is 6.50. The van der Waals surface area contributed by atoms with Crippen molar-refractivity contribution in [3.05, 3.63) is 76.4 Å². The first kappa shape index (κ1) is 15.2. The normalized spacial score (nSPS) is 10.0. The second-order valence-electron chi connectivity index (χ2n) is 4.56. The molecule has 22 heavy (non-hydrogen) atoms. The summed E-state index contributed by atoms with van der Waals surface area (Å²) in [5, 5.41) is 23.3. The van der Waals surface area contributed by atoms with E-state index in [2.05, 4.69) is 11.9 Å². The van der Waals surface area contributed by atoms with E-state index < -0.39 is 10.8 Å². The van der Waals surface area contributed by atoms with Crippen LogP contribution in [0, 0.1) is 10.1 Å². The van der Waals surface area contributed by atoms with Crippen LogP contribution in [0.2, 0.25) is 0 Å². The number of benzene rings is 2. The number of nitrogens with zero attached hydrogens (tertiary/aromatic N) is 1. The van der Waals surface area contributed by atoms with Crippen molar-refractivity contribution < 1.29 is 14.8 Å². The number of aromatic hydroxyl groups is 1. The Morgan fingerprint density at radius 3 is 2.55 bits per heavy atom. The lowest BCUT2D eigenvalue weighted by atomic mass is 10.1. The van der Waals surface area contributed by atoms with Crippen LogP contribution in [0.25, 0.3) is 0 Å². The molecule has 2 N–H and O–H groups in total. The lowest BCUT2D eigenvalue weighted by molar-refractivity contribution is -0.384. The zero-order valence-corrected chi connectivity index (χ0v) is 11.7. The Hall–Kier alpha value is -3.15. The Kier molecular flexibility index (Phi) is 4.53. The Morgan fingerprint density at radius 1 is 1.27 bits per heavy atom. The summed E-state index contributed by atoms with van der Waals surface area (Å²) in [7, 11) is 0. The van der Waals surface area contributed by atoms with Crippen LogP contribution in [-0.4, -0.2) is 15.9 Å². The number of nitro groups is 1. The monoisotopic (exact) mass is 298 g/mol. The van der Waals surface area contributed by atoms with E-state index in [1.54, 1.807) is 18.2 Å². The van der Waals surface area contributed by atoms with E-state index in [-0.39, 0.29) is 17.0 Å². The SMILES string of the molecule is C=CCc1cccc(C(=O)Nc2ccc([N+](=O)[O-])cc2)c1O. The van der Waals surface area contributed by atoms with E-state index in [0.717, 1.165) is 0 Å². The maximum absolute atomic E-state index is 12.2. The van der Waals surface area contributed by atoms with E-state index in [4.69, 9.17) is 0 Å². The zero-order chi connectivity index (χ0) is 16.1. The molecule has 6 nitrogen and oxygen atoms in total. The number of rotatable bonds is 5. The number of phenolic OH excluding ortho intramolecular Hbond substituents is 1. The molecule has 0 saturated heterocycles. The Balaban J connectivity index is 2.20. The Bertz CT molecular complexity index is 723. The average molecular weight is 298 g/mol. The average Bonchev–Trinajstić information content (AvgIpc) is 2.50. The van der Waals surface area contributed by atoms with Crippen molar-refractivity contribution >= 4 is 17.3 Å². The first-order chi connectivity index (χ1) is 10.5. The molecular weight excluding hydrogens is 284 g/mol. The van der Waals surface area contributed by atoms with Crippen molar-refractivity contribution in [2.75, 3.05) is 5.32 Å². The molecular formula is C16H14N2O4. The number of para-hydroxylation sites is 1. The van der Waals surface area contributed by atoms with Gasteiger partial charge in [0.15, 0.2) is 0 Å². The molecule has 0 saturated carbocycles. The minimum Gasteiger partial charge on any atom is -0.507 e. The zero-order valence-electron chi connectivity index (χ0n) is 11.7. The van der Waals surface area contributed by atoms with Crippen molar-refractivity contribution in [1.82, 2.24) is 0 Å². The fourth-order valence-corrected chi connectivity index (χ4v) is 1.96. The molecule has 0 atom stereocenters. The highest BCUT2D eigenvalue weighted by molar-refractivity contribution is 6.06. The molecule has 0 heterocycles. The van der Waals surface area contributed by atoms with Crippen LogP contribution in [0.15, 0.2) is 55.1 Å². The molecule has 1 amide bonds. The maximum Gasteiger partial charge on any atom is 0.269 e. The molecule has 0 aliphatic carbocycles. The molecule has 0 aliphatic rings. The highest BCUT2D eigenvalue weighted by Gasteiger charge is 2.14. The van der Waals surface area contributed by atoms with Gasteiger partial charge in [-0.05, 0) is 30.2 Å². The van der Waals surface area contributed by atoms with Gasteiger partial charge in [-0.1, -0.05) is 18.2 Å². The summed E-state index contributed by atoms with van der Waals surface area (Å²) in [6.45, 7) is 3.60. The maximum atomic E-state index is 12.2. The van der Waals surface area contributed by atoms with Crippen LogP contribution in [0.1, 0.15) is 15.9 Å². The topological polar surface area (TPSA) is 92.5 Å². The van der Waals surface area contributed by atoms with E-state index >= 15 is 0 Å². The number of nitro benzene ring substituents is 1. The van der Waals surface area contributed by atoms with Crippen LogP contribution in [0.3, 0.4) is 0 Å². The van der Waals surface area contributed by atoms with E-state index in [1.165, 1.54) is 30.3 Å². The van der Waals surface area contributed by atoms with Gasteiger partial charge >= 0.3 is 0 Å². The second-order valence-corrected chi connectivity index (χ2v) is 4.56. The fourth-order valence-electron chi connectivity index (χ4n) is 1.96. The molecule has 0 radical (unpaired) electrons. The highest BCUT2D eigenvalue weighted by atomic mass is 16.6. The largest absolute Gasteiger partial charge is 0.507 e. The number of hydrogen-bond donors (Lipinski definition) is 2.